The van der Waals surface area contributed by atoms with Crippen molar-refractivity contribution in [1.29, 1.82) is 0 Å². The number of nitrogens with one attached hydrogen (secondary N) is 1. The number of nitrogens with zero attached hydrogens (tertiary/aromatic N) is 5. The lowest BCUT2D eigenvalue weighted by Crippen LogP contribution is -2.33. The van der Waals surface area contributed by atoms with Crippen molar-refractivity contribution < 1.29 is 9.32 Å². The van der Waals surface area contributed by atoms with E-state index in [1.807, 2.05) is 6.92 Å². The van der Waals surface area contributed by atoms with Crippen LogP contribution in [-0.2, 0) is 11.3 Å². The Bertz CT molecular complexity index is 1240. The van der Waals surface area contributed by atoms with Crippen LogP contribution in [0.15, 0.2) is 51.9 Å². The SMILES string of the molecule is CCCCNC(=O)Cn1nc2c(-c3nc(-c4ccc(Cl)cc4)no3)cccn2c1=O. The van der Waals surface area contributed by atoms with E-state index in [4.69, 9.17) is 16.1 Å². The molecular formula is C20H19ClN6O3. The van der Waals surface area contributed by atoms with Crippen molar-refractivity contribution in [2.24, 2.45) is 0 Å². The van der Waals surface area contributed by atoms with Gasteiger partial charge in [-0.05, 0) is 42.8 Å². The van der Waals surface area contributed by atoms with Gasteiger partial charge in [-0.15, -0.1) is 5.10 Å². The molecule has 3 heterocycles. The van der Waals surface area contributed by atoms with Gasteiger partial charge in [-0.2, -0.15) is 4.98 Å². The zero-order valence-corrected chi connectivity index (χ0v) is 17.0. The molecule has 0 unspecified atom stereocenters. The Balaban J connectivity index is 1.65. The monoisotopic (exact) mass is 426 g/mol. The largest absolute Gasteiger partial charge is 0.354 e. The summed E-state index contributed by atoms with van der Waals surface area (Å²) in [6, 6.07) is 10.5. The molecule has 0 aliphatic heterocycles. The lowest BCUT2D eigenvalue weighted by molar-refractivity contribution is -0.121. The molecule has 4 rings (SSSR count). The van der Waals surface area contributed by atoms with Crippen LogP contribution in [0.2, 0.25) is 5.02 Å². The Morgan fingerprint density at radius 3 is 2.80 bits per heavy atom. The molecule has 0 aliphatic carbocycles. The molecule has 4 aromatic rings. The highest BCUT2D eigenvalue weighted by Gasteiger charge is 2.18. The van der Waals surface area contributed by atoms with Crippen LogP contribution in [0, 0.1) is 0 Å². The Morgan fingerprint density at radius 2 is 2.03 bits per heavy atom. The van der Waals surface area contributed by atoms with Gasteiger partial charge in [-0.25, -0.2) is 13.9 Å². The summed E-state index contributed by atoms with van der Waals surface area (Å²) in [7, 11) is 0. The van der Waals surface area contributed by atoms with Gasteiger partial charge in [0.15, 0.2) is 5.65 Å². The van der Waals surface area contributed by atoms with E-state index in [1.54, 1.807) is 42.6 Å². The standard InChI is InChI=1S/C20H19ClN6O3/c1-2-3-10-22-16(28)12-27-20(29)26-11-4-5-15(18(26)24-27)19-23-17(25-30-19)13-6-8-14(21)9-7-13/h4-9,11H,2-3,10,12H2,1H3,(H,22,28). The summed E-state index contributed by atoms with van der Waals surface area (Å²) in [5, 5.41) is 11.7. The van der Waals surface area contributed by atoms with Gasteiger partial charge in [0.2, 0.25) is 11.7 Å². The fourth-order valence-corrected chi connectivity index (χ4v) is 3.08. The second-order valence-corrected chi connectivity index (χ2v) is 7.13. The zero-order valence-electron chi connectivity index (χ0n) is 16.2. The summed E-state index contributed by atoms with van der Waals surface area (Å²) in [4.78, 5) is 29.1. The molecule has 0 bridgehead atoms. The number of hydrogen-bond donors (Lipinski definition) is 1. The second kappa shape index (κ2) is 8.50. The van der Waals surface area contributed by atoms with Crippen LogP contribution < -0.4 is 11.0 Å². The zero-order chi connectivity index (χ0) is 21.1. The predicted octanol–water partition coefficient (Wildman–Crippen LogP) is 2.78. The van der Waals surface area contributed by atoms with E-state index in [2.05, 4.69) is 20.6 Å². The van der Waals surface area contributed by atoms with Crippen LogP contribution >= 0.6 is 11.6 Å². The van der Waals surface area contributed by atoms with Crippen molar-refractivity contribution >= 4 is 23.2 Å². The van der Waals surface area contributed by atoms with Crippen LogP contribution in [0.3, 0.4) is 0 Å². The summed E-state index contributed by atoms with van der Waals surface area (Å²) in [5.41, 5.74) is 1.14. The molecule has 1 aromatic carbocycles. The van der Waals surface area contributed by atoms with Gasteiger partial charge in [0.05, 0.1) is 5.56 Å². The van der Waals surface area contributed by atoms with E-state index in [1.165, 1.54) is 4.40 Å². The molecule has 3 aromatic heterocycles. The summed E-state index contributed by atoms with van der Waals surface area (Å²) < 4.78 is 7.87. The average molecular weight is 427 g/mol. The molecule has 0 radical (unpaired) electrons. The number of pyridine rings is 1. The van der Waals surface area contributed by atoms with Crippen LogP contribution in [0.4, 0.5) is 0 Å². The van der Waals surface area contributed by atoms with Gasteiger partial charge >= 0.3 is 5.69 Å². The van der Waals surface area contributed by atoms with E-state index < -0.39 is 5.69 Å². The van der Waals surface area contributed by atoms with Crippen molar-refractivity contribution in [1.82, 2.24) is 29.6 Å². The molecule has 0 fully saturated rings. The van der Waals surface area contributed by atoms with E-state index >= 15 is 0 Å². The van der Waals surface area contributed by atoms with Crippen LogP contribution in [0.25, 0.3) is 28.5 Å². The molecule has 1 amide bonds. The van der Waals surface area contributed by atoms with E-state index in [-0.39, 0.29) is 18.3 Å². The van der Waals surface area contributed by atoms with Crippen LogP contribution in [-0.4, -0.2) is 36.8 Å². The Morgan fingerprint density at radius 1 is 1.23 bits per heavy atom. The number of aromatic nitrogens is 5. The summed E-state index contributed by atoms with van der Waals surface area (Å²) >= 11 is 5.92. The fourth-order valence-electron chi connectivity index (χ4n) is 2.95. The Labute approximate surface area is 176 Å². The third-order valence-electron chi connectivity index (χ3n) is 4.51. The first kappa shape index (κ1) is 19.8. The van der Waals surface area contributed by atoms with E-state index in [0.717, 1.165) is 23.1 Å². The number of fused-ring (bicyclic) bond motifs is 1. The molecule has 0 saturated carbocycles. The molecule has 30 heavy (non-hydrogen) atoms. The third-order valence-corrected chi connectivity index (χ3v) is 4.77. The van der Waals surface area contributed by atoms with Crippen LogP contribution in [0.5, 0.6) is 0 Å². The minimum absolute atomic E-state index is 0.163. The molecule has 0 aliphatic rings. The van der Waals surface area contributed by atoms with Gasteiger partial charge < -0.3 is 9.84 Å². The maximum absolute atomic E-state index is 12.6. The molecule has 154 valence electrons. The molecule has 9 nitrogen and oxygen atoms in total. The quantitative estimate of drug-likeness (QED) is 0.455. The smallest absolute Gasteiger partial charge is 0.350 e. The number of amides is 1. The topological polar surface area (TPSA) is 107 Å². The molecule has 0 spiro atoms. The molecule has 1 N–H and O–H groups in total. The maximum atomic E-state index is 12.6. The molecular weight excluding hydrogens is 408 g/mol. The molecule has 0 saturated heterocycles. The van der Waals surface area contributed by atoms with Crippen molar-refractivity contribution in [3.8, 4) is 22.8 Å². The summed E-state index contributed by atoms with van der Waals surface area (Å²) in [6.45, 7) is 2.44. The van der Waals surface area contributed by atoms with Gasteiger partial charge in [0, 0.05) is 23.3 Å². The molecule has 10 heteroatoms. The maximum Gasteiger partial charge on any atom is 0.350 e. The number of rotatable bonds is 7. The van der Waals surface area contributed by atoms with Gasteiger partial charge in [-0.3, -0.25) is 4.79 Å². The Kier molecular flexibility index (Phi) is 5.62. The lowest BCUT2D eigenvalue weighted by Gasteiger charge is -2.02. The van der Waals surface area contributed by atoms with Gasteiger partial charge in [-0.1, -0.05) is 30.1 Å². The minimum Gasteiger partial charge on any atom is -0.354 e. The van der Waals surface area contributed by atoms with E-state index in [0.29, 0.717) is 28.6 Å². The highest BCUT2D eigenvalue weighted by molar-refractivity contribution is 6.30. The van der Waals surface area contributed by atoms with Crippen LogP contribution in [0.1, 0.15) is 19.8 Å². The number of hydrogen-bond acceptors (Lipinski definition) is 6. The number of carbonyl (C=O) groups excluding carboxylic acids is 1. The fraction of sp³-hybridized carbons (Fsp3) is 0.250. The second-order valence-electron chi connectivity index (χ2n) is 6.69. The Hall–Kier alpha value is -3.46. The summed E-state index contributed by atoms with van der Waals surface area (Å²) in [6.07, 6.45) is 3.43. The van der Waals surface area contributed by atoms with E-state index in [9.17, 15) is 9.59 Å². The number of unbranched alkanes of at least 4 members (excludes halogenated alkanes) is 1. The lowest BCUT2D eigenvalue weighted by atomic mass is 10.2. The van der Waals surface area contributed by atoms with Gasteiger partial charge in [0.25, 0.3) is 5.89 Å². The number of benzene rings is 1. The summed E-state index contributed by atoms with van der Waals surface area (Å²) in [5.74, 6) is 0.342. The first-order chi connectivity index (χ1) is 14.6. The first-order valence-electron chi connectivity index (χ1n) is 9.51. The third kappa shape index (κ3) is 3.97. The number of carbonyl (C=O) groups is 1. The normalized spacial score (nSPS) is 11.1. The van der Waals surface area contributed by atoms with Crippen molar-refractivity contribution in [2.75, 3.05) is 6.54 Å². The first-order valence-corrected chi connectivity index (χ1v) is 9.89. The minimum atomic E-state index is -0.421. The van der Waals surface area contributed by atoms with Crippen molar-refractivity contribution in [3.63, 3.8) is 0 Å². The number of halogens is 1. The predicted molar refractivity (Wildman–Crippen MR) is 111 cm³/mol. The average Bonchev–Trinajstić information content (AvgIpc) is 3.34. The highest BCUT2D eigenvalue weighted by Crippen LogP contribution is 2.25. The van der Waals surface area contributed by atoms with Crippen molar-refractivity contribution in [2.45, 2.75) is 26.3 Å². The van der Waals surface area contributed by atoms with Crippen molar-refractivity contribution in [3.05, 3.63) is 58.1 Å². The van der Waals surface area contributed by atoms with Gasteiger partial charge in [0.1, 0.15) is 6.54 Å². The highest BCUT2D eigenvalue weighted by atomic mass is 35.5. The molecule has 0 atom stereocenters.